The molecular formula is C18H18N6O2S. The first-order chi connectivity index (χ1) is 13.1. The Morgan fingerprint density at radius 1 is 1.19 bits per heavy atom. The van der Waals surface area contributed by atoms with E-state index in [-0.39, 0.29) is 11.7 Å². The molecule has 3 rings (SSSR count). The molecule has 2 heterocycles. The van der Waals surface area contributed by atoms with E-state index in [2.05, 4.69) is 20.5 Å². The first-order valence-corrected chi connectivity index (χ1v) is 9.23. The predicted octanol–water partition coefficient (Wildman–Crippen LogP) is 2.19. The van der Waals surface area contributed by atoms with Crippen LogP contribution in [-0.4, -0.2) is 37.3 Å². The molecule has 0 bridgehead atoms. The normalized spacial score (nSPS) is 10.6. The van der Waals surface area contributed by atoms with Crippen molar-refractivity contribution in [2.75, 3.05) is 11.1 Å². The van der Waals surface area contributed by atoms with Crippen LogP contribution in [0.5, 0.6) is 0 Å². The van der Waals surface area contributed by atoms with Gasteiger partial charge in [0.2, 0.25) is 11.8 Å². The number of nitrogens with one attached hydrogen (secondary N) is 1. The number of aromatic nitrogens is 4. The van der Waals surface area contributed by atoms with Crippen molar-refractivity contribution in [1.29, 1.82) is 0 Å². The minimum Gasteiger partial charge on any atom is -0.366 e. The predicted molar refractivity (Wildman–Crippen MR) is 103 cm³/mol. The second-order valence-electron chi connectivity index (χ2n) is 5.57. The van der Waals surface area contributed by atoms with E-state index < -0.39 is 5.91 Å². The Hall–Kier alpha value is -3.20. The van der Waals surface area contributed by atoms with Crippen LogP contribution in [0.1, 0.15) is 17.3 Å². The molecule has 0 atom stereocenters. The van der Waals surface area contributed by atoms with E-state index in [0.717, 1.165) is 11.4 Å². The molecule has 0 radical (unpaired) electrons. The number of pyridine rings is 1. The number of nitrogens with zero attached hydrogens (tertiary/aromatic N) is 4. The maximum atomic E-state index is 12.2. The molecule has 138 valence electrons. The number of nitrogens with two attached hydrogens (primary N) is 1. The lowest BCUT2D eigenvalue weighted by Gasteiger charge is -2.08. The van der Waals surface area contributed by atoms with Crippen molar-refractivity contribution in [2.24, 2.45) is 5.73 Å². The molecule has 8 nitrogen and oxygen atoms in total. The van der Waals surface area contributed by atoms with Gasteiger partial charge in [0.25, 0.3) is 0 Å². The Bertz CT molecular complexity index is 940. The maximum absolute atomic E-state index is 12.2. The summed E-state index contributed by atoms with van der Waals surface area (Å²) in [6, 6.07) is 10.2. The van der Waals surface area contributed by atoms with Crippen LogP contribution >= 0.6 is 11.8 Å². The molecule has 1 aromatic carbocycles. The first-order valence-electron chi connectivity index (χ1n) is 8.24. The lowest BCUT2D eigenvalue weighted by atomic mass is 10.2. The number of carbonyl (C=O) groups is 2. The number of thioether (sulfide) groups is 1. The molecule has 2 amide bonds. The third-order valence-electron chi connectivity index (χ3n) is 3.74. The van der Waals surface area contributed by atoms with Crippen LogP contribution in [-0.2, 0) is 11.3 Å². The van der Waals surface area contributed by atoms with Gasteiger partial charge in [-0.1, -0.05) is 11.8 Å². The fraction of sp³-hybridized carbons (Fsp3) is 0.167. The summed E-state index contributed by atoms with van der Waals surface area (Å²) in [6.45, 7) is 2.67. The average molecular weight is 382 g/mol. The number of anilines is 1. The zero-order valence-corrected chi connectivity index (χ0v) is 15.4. The molecule has 0 spiro atoms. The molecule has 0 unspecified atom stereocenters. The van der Waals surface area contributed by atoms with Gasteiger partial charge in [-0.25, -0.2) is 0 Å². The molecule has 0 aliphatic heterocycles. The zero-order chi connectivity index (χ0) is 19.2. The van der Waals surface area contributed by atoms with Gasteiger partial charge < -0.3 is 15.6 Å². The smallest absolute Gasteiger partial charge is 0.248 e. The van der Waals surface area contributed by atoms with Gasteiger partial charge in [0.15, 0.2) is 11.0 Å². The van der Waals surface area contributed by atoms with E-state index in [1.54, 1.807) is 36.7 Å². The highest BCUT2D eigenvalue weighted by molar-refractivity contribution is 7.99. The van der Waals surface area contributed by atoms with Crippen molar-refractivity contribution >= 4 is 29.3 Å². The van der Waals surface area contributed by atoms with E-state index in [9.17, 15) is 9.59 Å². The quantitative estimate of drug-likeness (QED) is 0.605. The molecule has 0 aliphatic rings. The summed E-state index contributed by atoms with van der Waals surface area (Å²) in [4.78, 5) is 27.4. The summed E-state index contributed by atoms with van der Waals surface area (Å²) in [6.07, 6.45) is 3.43. The maximum Gasteiger partial charge on any atom is 0.248 e. The Labute approximate surface area is 160 Å². The molecule has 0 saturated carbocycles. The molecule has 3 N–H and O–H groups in total. The Morgan fingerprint density at radius 3 is 2.59 bits per heavy atom. The molecule has 2 aromatic heterocycles. The standard InChI is InChI=1S/C18H18N6O2S/c1-2-24-17(13-4-3-9-20-10-13)22-23-18(24)27-11-15(25)21-14-7-5-12(6-8-14)16(19)26/h3-10H,2,11H2,1H3,(H2,19,26)(H,21,25). The molecule has 0 aliphatic carbocycles. The Morgan fingerprint density at radius 2 is 1.96 bits per heavy atom. The van der Waals surface area contributed by atoms with Crippen molar-refractivity contribution in [1.82, 2.24) is 19.7 Å². The number of carbonyl (C=O) groups excluding carboxylic acids is 2. The second-order valence-corrected chi connectivity index (χ2v) is 6.51. The number of hydrogen-bond donors (Lipinski definition) is 2. The molecule has 27 heavy (non-hydrogen) atoms. The summed E-state index contributed by atoms with van der Waals surface area (Å²) in [5, 5.41) is 11.8. The summed E-state index contributed by atoms with van der Waals surface area (Å²) >= 11 is 1.31. The summed E-state index contributed by atoms with van der Waals surface area (Å²) in [5.74, 6) is 0.214. The third-order valence-corrected chi connectivity index (χ3v) is 4.71. The van der Waals surface area contributed by atoms with Crippen molar-refractivity contribution in [3.8, 4) is 11.4 Å². The average Bonchev–Trinajstić information content (AvgIpc) is 3.10. The second kappa shape index (κ2) is 8.45. The van der Waals surface area contributed by atoms with Gasteiger partial charge in [-0.2, -0.15) is 0 Å². The van der Waals surface area contributed by atoms with Gasteiger partial charge >= 0.3 is 0 Å². The van der Waals surface area contributed by atoms with Crippen molar-refractivity contribution in [3.63, 3.8) is 0 Å². The minimum atomic E-state index is -0.508. The Kier molecular flexibility index (Phi) is 5.82. The number of rotatable bonds is 7. The monoisotopic (exact) mass is 382 g/mol. The van der Waals surface area contributed by atoms with E-state index in [0.29, 0.717) is 23.0 Å². The number of amides is 2. The highest BCUT2D eigenvalue weighted by Crippen LogP contribution is 2.23. The highest BCUT2D eigenvalue weighted by atomic mass is 32.2. The van der Waals surface area contributed by atoms with Gasteiger partial charge in [-0.05, 0) is 43.3 Å². The van der Waals surface area contributed by atoms with Crippen LogP contribution in [0.2, 0.25) is 0 Å². The molecule has 3 aromatic rings. The van der Waals surface area contributed by atoms with Crippen LogP contribution in [0.4, 0.5) is 5.69 Å². The SMILES string of the molecule is CCn1c(SCC(=O)Nc2ccc(C(N)=O)cc2)nnc1-c1cccnc1. The van der Waals surface area contributed by atoms with Gasteiger partial charge in [0.05, 0.1) is 5.75 Å². The van der Waals surface area contributed by atoms with Crippen LogP contribution < -0.4 is 11.1 Å². The van der Waals surface area contributed by atoms with Crippen LogP contribution in [0.25, 0.3) is 11.4 Å². The fourth-order valence-electron chi connectivity index (χ4n) is 2.43. The fourth-order valence-corrected chi connectivity index (χ4v) is 3.24. The Balaban J connectivity index is 1.63. The van der Waals surface area contributed by atoms with E-state index >= 15 is 0 Å². The van der Waals surface area contributed by atoms with Crippen LogP contribution in [0.15, 0.2) is 53.9 Å². The first kappa shape index (κ1) is 18.6. The largest absolute Gasteiger partial charge is 0.366 e. The van der Waals surface area contributed by atoms with E-state index in [1.807, 2.05) is 23.6 Å². The summed E-state index contributed by atoms with van der Waals surface area (Å²) < 4.78 is 1.94. The highest BCUT2D eigenvalue weighted by Gasteiger charge is 2.14. The van der Waals surface area contributed by atoms with Gasteiger partial charge in [0.1, 0.15) is 0 Å². The number of hydrogen-bond acceptors (Lipinski definition) is 6. The zero-order valence-electron chi connectivity index (χ0n) is 14.6. The van der Waals surface area contributed by atoms with E-state index in [1.165, 1.54) is 11.8 Å². The number of primary amides is 1. The van der Waals surface area contributed by atoms with Crippen LogP contribution in [0, 0.1) is 0 Å². The molecular weight excluding hydrogens is 364 g/mol. The van der Waals surface area contributed by atoms with Gasteiger partial charge in [-0.3, -0.25) is 14.6 Å². The summed E-state index contributed by atoms with van der Waals surface area (Å²) in [5.41, 5.74) is 7.06. The summed E-state index contributed by atoms with van der Waals surface area (Å²) in [7, 11) is 0. The molecule has 0 saturated heterocycles. The van der Waals surface area contributed by atoms with Crippen molar-refractivity contribution in [3.05, 3.63) is 54.4 Å². The van der Waals surface area contributed by atoms with Gasteiger partial charge in [0, 0.05) is 35.8 Å². The van der Waals surface area contributed by atoms with E-state index in [4.69, 9.17) is 5.73 Å². The van der Waals surface area contributed by atoms with Gasteiger partial charge in [-0.15, -0.1) is 10.2 Å². The number of benzene rings is 1. The topological polar surface area (TPSA) is 116 Å². The molecule has 0 fully saturated rings. The third kappa shape index (κ3) is 4.50. The minimum absolute atomic E-state index is 0.180. The van der Waals surface area contributed by atoms with Crippen LogP contribution in [0.3, 0.4) is 0 Å². The van der Waals surface area contributed by atoms with Crippen molar-refractivity contribution < 1.29 is 9.59 Å². The lowest BCUT2D eigenvalue weighted by molar-refractivity contribution is -0.113. The van der Waals surface area contributed by atoms with Crippen molar-refractivity contribution in [2.45, 2.75) is 18.6 Å². The lowest BCUT2D eigenvalue weighted by Crippen LogP contribution is -2.15. The molecule has 9 heteroatoms.